The molecule has 7 heteroatoms. The Morgan fingerprint density at radius 3 is 2.57 bits per heavy atom. The lowest BCUT2D eigenvalue weighted by atomic mass is 10.1. The summed E-state index contributed by atoms with van der Waals surface area (Å²) in [5.74, 6) is 1.61. The van der Waals surface area contributed by atoms with Crippen molar-refractivity contribution in [1.29, 1.82) is 0 Å². The van der Waals surface area contributed by atoms with Gasteiger partial charge in [-0.2, -0.15) is 0 Å². The minimum Gasteiger partial charge on any atom is -0.465 e. The van der Waals surface area contributed by atoms with E-state index >= 15 is 0 Å². The maximum atomic E-state index is 12.4. The first kappa shape index (κ1) is 17.1. The highest BCUT2D eigenvalue weighted by Gasteiger charge is 2.67. The van der Waals surface area contributed by atoms with Gasteiger partial charge in [0.25, 0.3) is 0 Å². The second-order valence-electron chi connectivity index (χ2n) is 6.54. The quantitative estimate of drug-likeness (QED) is 0.820. The van der Waals surface area contributed by atoms with Crippen molar-refractivity contribution in [2.75, 3.05) is 32.8 Å². The average molecular weight is 361 g/mol. The SMILES string of the molecule is Cc1ccc(C(CNC(=O)C2(C)CC2(Cl)Cl)N2CCOCC2)o1. The lowest BCUT2D eigenvalue weighted by Crippen LogP contribution is -2.45. The molecule has 2 atom stereocenters. The van der Waals surface area contributed by atoms with E-state index in [4.69, 9.17) is 32.4 Å². The Kier molecular flexibility index (Phi) is 4.67. The zero-order valence-corrected chi connectivity index (χ0v) is 14.9. The predicted molar refractivity (Wildman–Crippen MR) is 88.7 cm³/mol. The number of amides is 1. The van der Waals surface area contributed by atoms with Gasteiger partial charge in [-0.1, -0.05) is 0 Å². The van der Waals surface area contributed by atoms with Crippen LogP contribution in [0.25, 0.3) is 0 Å². The van der Waals surface area contributed by atoms with Gasteiger partial charge in [0.2, 0.25) is 5.91 Å². The number of ether oxygens (including phenoxy) is 1. The van der Waals surface area contributed by atoms with Crippen LogP contribution in [0.4, 0.5) is 0 Å². The van der Waals surface area contributed by atoms with Gasteiger partial charge in [-0.25, -0.2) is 0 Å². The zero-order valence-electron chi connectivity index (χ0n) is 13.4. The van der Waals surface area contributed by atoms with Crippen LogP contribution in [-0.2, 0) is 9.53 Å². The summed E-state index contributed by atoms with van der Waals surface area (Å²) in [6, 6.07) is 3.89. The van der Waals surface area contributed by atoms with Gasteiger partial charge in [-0.3, -0.25) is 9.69 Å². The highest BCUT2D eigenvalue weighted by molar-refractivity contribution is 6.53. The van der Waals surface area contributed by atoms with E-state index in [2.05, 4.69) is 10.2 Å². The Labute approximate surface area is 146 Å². The molecule has 0 aromatic carbocycles. The summed E-state index contributed by atoms with van der Waals surface area (Å²) in [6.07, 6.45) is 0.483. The van der Waals surface area contributed by atoms with Crippen molar-refractivity contribution < 1.29 is 13.9 Å². The molecule has 0 radical (unpaired) electrons. The van der Waals surface area contributed by atoms with E-state index in [0.717, 1.165) is 24.6 Å². The molecule has 2 unspecified atom stereocenters. The maximum Gasteiger partial charge on any atom is 0.229 e. The molecule has 1 aliphatic heterocycles. The zero-order chi connectivity index (χ0) is 16.7. The minimum absolute atomic E-state index is 0.0149. The fraction of sp³-hybridized carbons (Fsp3) is 0.688. The van der Waals surface area contributed by atoms with Crippen LogP contribution in [0.1, 0.15) is 30.9 Å². The molecule has 1 aliphatic carbocycles. The van der Waals surface area contributed by atoms with E-state index in [0.29, 0.717) is 26.2 Å². The van der Waals surface area contributed by atoms with Crippen molar-refractivity contribution in [1.82, 2.24) is 10.2 Å². The number of morpholine rings is 1. The third-order valence-electron chi connectivity index (χ3n) is 4.79. The molecule has 1 aromatic heterocycles. The van der Waals surface area contributed by atoms with Crippen LogP contribution >= 0.6 is 23.2 Å². The number of carbonyl (C=O) groups excluding carboxylic acids is 1. The van der Waals surface area contributed by atoms with Crippen LogP contribution in [0.2, 0.25) is 0 Å². The molecule has 1 amide bonds. The molecule has 5 nitrogen and oxygen atoms in total. The van der Waals surface area contributed by atoms with Gasteiger partial charge in [-0.15, -0.1) is 23.2 Å². The lowest BCUT2D eigenvalue weighted by Gasteiger charge is -2.33. The third-order valence-corrected chi connectivity index (χ3v) is 5.89. The van der Waals surface area contributed by atoms with Crippen LogP contribution in [0.3, 0.4) is 0 Å². The lowest BCUT2D eigenvalue weighted by molar-refractivity contribution is -0.126. The molecule has 1 aromatic rings. The average Bonchev–Trinajstić information content (AvgIpc) is 2.83. The van der Waals surface area contributed by atoms with E-state index in [1.165, 1.54) is 0 Å². The third kappa shape index (κ3) is 3.38. The number of nitrogens with zero attached hydrogens (tertiary/aromatic N) is 1. The van der Waals surface area contributed by atoms with Crippen molar-refractivity contribution in [2.45, 2.75) is 30.6 Å². The fourth-order valence-electron chi connectivity index (χ4n) is 2.96. The van der Waals surface area contributed by atoms with E-state index in [-0.39, 0.29) is 11.9 Å². The van der Waals surface area contributed by atoms with Gasteiger partial charge >= 0.3 is 0 Å². The van der Waals surface area contributed by atoms with E-state index < -0.39 is 9.75 Å². The summed E-state index contributed by atoms with van der Waals surface area (Å²) < 4.78 is 10.2. The standard InChI is InChI=1S/C16H22Cl2N2O3/c1-11-3-4-13(23-11)12(20-5-7-22-8-6-20)9-19-14(21)15(2)10-16(15,17)18/h3-4,12H,5-10H2,1-2H3,(H,19,21). The Hall–Kier alpha value is -0.750. The number of rotatable bonds is 5. The number of hydrogen-bond acceptors (Lipinski definition) is 4. The second-order valence-corrected chi connectivity index (χ2v) is 8.02. The number of halogens is 2. The summed E-state index contributed by atoms with van der Waals surface area (Å²) >= 11 is 12.2. The van der Waals surface area contributed by atoms with E-state index in [1.54, 1.807) is 6.92 Å². The fourth-order valence-corrected chi connectivity index (χ4v) is 3.67. The second kappa shape index (κ2) is 6.28. The van der Waals surface area contributed by atoms with Crippen molar-refractivity contribution >= 4 is 29.1 Å². The molecule has 2 heterocycles. The van der Waals surface area contributed by atoms with Gasteiger partial charge in [0.05, 0.1) is 24.7 Å². The number of carbonyl (C=O) groups is 1. The number of aryl methyl sites for hydroxylation is 1. The summed E-state index contributed by atoms with van der Waals surface area (Å²) in [5.41, 5.74) is -0.704. The molecule has 23 heavy (non-hydrogen) atoms. The smallest absolute Gasteiger partial charge is 0.229 e. The molecular formula is C16H22Cl2N2O3. The molecule has 1 N–H and O–H groups in total. The van der Waals surface area contributed by atoms with Gasteiger partial charge in [0, 0.05) is 19.6 Å². The number of nitrogens with one attached hydrogen (secondary N) is 1. The first-order valence-electron chi connectivity index (χ1n) is 7.88. The normalized spacial score (nSPS) is 28.3. The van der Waals surface area contributed by atoms with Gasteiger partial charge < -0.3 is 14.5 Å². The Bertz CT molecular complexity index is 584. The van der Waals surface area contributed by atoms with Gasteiger partial charge in [0.1, 0.15) is 15.9 Å². The monoisotopic (exact) mass is 360 g/mol. The Balaban J connectivity index is 1.68. The molecule has 1 saturated carbocycles. The highest BCUT2D eigenvalue weighted by Crippen LogP contribution is 2.63. The highest BCUT2D eigenvalue weighted by atomic mass is 35.5. The van der Waals surface area contributed by atoms with Gasteiger partial charge in [-0.05, 0) is 32.4 Å². The summed E-state index contributed by atoms with van der Waals surface area (Å²) in [7, 11) is 0. The van der Waals surface area contributed by atoms with Crippen LogP contribution in [0.15, 0.2) is 16.5 Å². The number of alkyl halides is 2. The summed E-state index contributed by atoms with van der Waals surface area (Å²) in [4.78, 5) is 14.7. The first-order valence-corrected chi connectivity index (χ1v) is 8.63. The minimum atomic E-state index is -0.952. The molecule has 2 aliphatic rings. The van der Waals surface area contributed by atoms with Crippen LogP contribution in [-0.4, -0.2) is 48.0 Å². The van der Waals surface area contributed by atoms with Crippen LogP contribution in [0, 0.1) is 12.3 Å². The maximum absolute atomic E-state index is 12.4. The van der Waals surface area contributed by atoms with Crippen LogP contribution < -0.4 is 5.32 Å². The molecule has 128 valence electrons. The summed E-state index contributed by atoms with van der Waals surface area (Å²) in [5, 5.41) is 3.00. The topological polar surface area (TPSA) is 54.7 Å². The Morgan fingerprint density at radius 2 is 2.04 bits per heavy atom. The van der Waals surface area contributed by atoms with Gasteiger partial charge in [0.15, 0.2) is 0 Å². The van der Waals surface area contributed by atoms with E-state index in [1.807, 2.05) is 19.1 Å². The molecular weight excluding hydrogens is 339 g/mol. The van der Waals surface area contributed by atoms with Crippen molar-refractivity contribution in [2.24, 2.45) is 5.41 Å². The van der Waals surface area contributed by atoms with Crippen molar-refractivity contribution in [3.63, 3.8) is 0 Å². The predicted octanol–water partition coefficient (Wildman–Crippen LogP) is 2.66. The Morgan fingerprint density at radius 1 is 1.39 bits per heavy atom. The molecule has 0 bridgehead atoms. The first-order chi connectivity index (χ1) is 10.8. The molecule has 0 spiro atoms. The number of furan rings is 1. The van der Waals surface area contributed by atoms with Crippen molar-refractivity contribution in [3.05, 3.63) is 23.7 Å². The van der Waals surface area contributed by atoms with Crippen molar-refractivity contribution in [3.8, 4) is 0 Å². The molecule has 1 saturated heterocycles. The van der Waals surface area contributed by atoms with E-state index in [9.17, 15) is 4.79 Å². The summed E-state index contributed by atoms with van der Waals surface area (Å²) in [6.45, 7) is 7.18. The van der Waals surface area contributed by atoms with Crippen LogP contribution in [0.5, 0.6) is 0 Å². The number of hydrogen-bond donors (Lipinski definition) is 1. The largest absolute Gasteiger partial charge is 0.465 e. The molecule has 3 rings (SSSR count). The molecule has 2 fully saturated rings.